The molecule has 1 amide bonds. The van der Waals surface area contributed by atoms with Gasteiger partial charge >= 0.3 is 0 Å². The van der Waals surface area contributed by atoms with E-state index in [4.69, 9.17) is 16.0 Å². The van der Waals surface area contributed by atoms with Crippen LogP contribution in [0.4, 0.5) is 5.69 Å². The van der Waals surface area contributed by atoms with E-state index in [1.54, 1.807) is 24.6 Å². The molecule has 0 radical (unpaired) electrons. The zero-order valence-electron chi connectivity index (χ0n) is 18.6. The SMILES string of the molecule is CC(C)(C)c1ccc(-c2nnc(SCC(=O)Nc3cccnc3Cl)n2Cc2ccco2)cc1. The van der Waals surface area contributed by atoms with E-state index >= 15 is 0 Å². The van der Waals surface area contributed by atoms with E-state index in [1.165, 1.54) is 17.3 Å². The van der Waals surface area contributed by atoms with Crippen molar-refractivity contribution in [3.05, 3.63) is 77.5 Å². The standard InChI is InChI=1S/C24H24ClN5O2S/c1-24(2,3)17-10-8-16(9-11-17)22-28-29-23(30(22)14-18-6-5-13-32-18)33-15-20(31)27-19-7-4-12-26-21(19)25/h4-13H,14-15H2,1-3H3,(H,27,31). The summed E-state index contributed by atoms with van der Waals surface area (Å²) >= 11 is 7.33. The molecule has 0 aliphatic rings. The predicted octanol–water partition coefficient (Wildman–Crippen LogP) is 5.66. The molecular weight excluding hydrogens is 458 g/mol. The third-order valence-electron chi connectivity index (χ3n) is 4.99. The maximum Gasteiger partial charge on any atom is 0.234 e. The summed E-state index contributed by atoms with van der Waals surface area (Å²) in [6.07, 6.45) is 3.20. The van der Waals surface area contributed by atoms with Crippen LogP contribution in [-0.4, -0.2) is 31.4 Å². The van der Waals surface area contributed by atoms with Crippen LogP contribution in [0.1, 0.15) is 32.1 Å². The molecule has 1 N–H and O–H groups in total. The van der Waals surface area contributed by atoms with Crippen molar-refractivity contribution in [1.29, 1.82) is 0 Å². The highest BCUT2D eigenvalue weighted by Gasteiger charge is 2.19. The van der Waals surface area contributed by atoms with Crippen molar-refractivity contribution >= 4 is 35.0 Å². The van der Waals surface area contributed by atoms with Gasteiger partial charge in [-0.15, -0.1) is 10.2 Å². The second kappa shape index (κ2) is 9.80. The van der Waals surface area contributed by atoms with Crippen molar-refractivity contribution in [1.82, 2.24) is 19.7 Å². The van der Waals surface area contributed by atoms with Gasteiger partial charge in [0, 0.05) is 11.8 Å². The van der Waals surface area contributed by atoms with E-state index in [0.29, 0.717) is 23.2 Å². The van der Waals surface area contributed by atoms with Crippen molar-refractivity contribution in [3.63, 3.8) is 0 Å². The Morgan fingerprint density at radius 2 is 1.91 bits per heavy atom. The molecule has 1 aromatic carbocycles. The van der Waals surface area contributed by atoms with Crippen LogP contribution in [-0.2, 0) is 16.8 Å². The van der Waals surface area contributed by atoms with Gasteiger partial charge in [-0.1, -0.05) is 68.4 Å². The van der Waals surface area contributed by atoms with Crippen molar-refractivity contribution in [2.75, 3.05) is 11.1 Å². The lowest BCUT2D eigenvalue weighted by Crippen LogP contribution is -2.15. The molecule has 0 fully saturated rings. The number of hydrogen-bond acceptors (Lipinski definition) is 6. The van der Waals surface area contributed by atoms with Gasteiger partial charge in [0.2, 0.25) is 5.91 Å². The van der Waals surface area contributed by atoms with Crippen LogP contribution in [0.2, 0.25) is 5.15 Å². The maximum atomic E-state index is 12.5. The first-order valence-electron chi connectivity index (χ1n) is 10.4. The predicted molar refractivity (Wildman–Crippen MR) is 131 cm³/mol. The Bertz CT molecular complexity index is 1230. The van der Waals surface area contributed by atoms with E-state index in [0.717, 1.165) is 11.3 Å². The summed E-state index contributed by atoms with van der Waals surface area (Å²) in [7, 11) is 0. The molecule has 0 bridgehead atoms. The number of nitrogens with one attached hydrogen (secondary N) is 1. The second-order valence-corrected chi connectivity index (χ2v) is 9.78. The van der Waals surface area contributed by atoms with E-state index < -0.39 is 0 Å². The highest BCUT2D eigenvalue weighted by molar-refractivity contribution is 7.99. The van der Waals surface area contributed by atoms with Gasteiger partial charge in [-0.3, -0.25) is 9.36 Å². The normalized spacial score (nSPS) is 11.5. The minimum absolute atomic E-state index is 0.0614. The zero-order valence-corrected chi connectivity index (χ0v) is 20.2. The molecule has 9 heteroatoms. The van der Waals surface area contributed by atoms with E-state index in [-0.39, 0.29) is 22.2 Å². The molecule has 7 nitrogen and oxygen atoms in total. The van der Waals surface area contributed by atoms with Gasteiger partial charge in [0.05, 0.1) is 24.2 Å². The van der Waals surface area contributed by atoms with Gasteiger partial charge in [0.1, 0.15) is 5.76 Å². The largest absolute Gasteiger partial charge is 0.467 e. The number of rotatable bonds is 7. The monoisotopic (exact) mass is 481 g/mol. The van der Waals surface area contributed by atoms with Gasteiger partial charge in [0.25, 0.3) is 0 Å². The van der Waals surface area contributed by atoms with E-state index in [2.05, 4.69) is 65.5 Å². The molecule has 0 atom stereocenters. The van der Waals surface area contributed by atoms with Gasteiger partial charge < -0.3 is 9.73 Å². The first-order chi connectivity index (χ1) is 15.8. The molecule has 0 spiro atoms. The first-order valence-corrected chi connectivity index (χ1v) is 11.8. The third kappa shape index (κ3) is 5.64. The van der Waals surface area contributed by atoms with Crippen LogP contribution in [0.15, 0.2) is 70.6 Å². The molecule has 3 aromatic heterocycles. The molecule has 0 unspecified atom stereocenters. The van der Waals surface area contributed by atoms with Gasteiger partial charge in [0.15, 0.2) is 16.1 Å². The number of aromatic nitrogens is 4. The number of amides is 1. The minimum Gasteiger partial charge on any atom is -0.467 e. The Kier molecular flexibility index (Phi) is 6.85. The minimum atomic E-state index is -0.210. The van der Waals surface area contributed by atoms with E-state index in [1.807, 2.05) is 16.7 Å². The summed E-state index contributed by atoms with van der Waals surface area (Å²) < 4.78 is 7.51. The lowest BCUT2D eigenvalue weighted by molar-refractivity contribution is -0.113. The van der Waals surface area contributed by atoms with Crippen LogP contribution >= 0.6 is 23.4 Å². The zero-order chi connectivity index (χ0) is 23.4. The van der Waals surface area contributed by atoms with Crippen LogP contribution < -0.4 is 5.32 Å². The van der Waals surface area contributed by atoms with Crippen LogP contribution in [0.25, 0.3) is 11.4 Å². The van der Waals surface area contributed by atoms with Crippen LogP contribution in [0, 0.1) is 0 Å². The molecule has 0 saturated carbocycles. The van der Waals surface area contributed by atoms with Gasteiger partial charge in [-0.05, 0) is 35.2 Å². The fourth-order valence-electron chi connectivity index (χ4n) is 3.22. The average molecular weight is 482 g/mol. The summed E-state index contributed by atoms with van der Waals surface area (Å²) in [5, 5.41) is 12.4. The number of hydrogen-bond donors (Lipinski definition) is 1. The number of pyridine rings is 1. The lowest BCUT2D eigenvalue weighted by atomic mass is 9.87. The molecule has 33 heavy (non-hydrogen) atoms. The van der Waals surface area contributed by atoms with Gasteiger partial charge in [-0.2, -0.15) is 0 Å². The number of anilines is 1. The molecule has 0 aliphatic heterocycles. The molecule has 0 aliphatic carbocycles. The second-order valence-electron chi connectivity index (χ2n) is 8.48. The summed E-state index contributed by atoms with van der Waals surface area (Å²) in [4.78, 5) is 16.5. The summed E-state index contributed by atoms with van der Waals surface area (Å²) in [5.74, 6) is 1.42. The van der Waals surface area contributed by atoms with Crippen LogP contribution in [0.3, 0.4) is 0 Å². The van der Waals surface area contributed by atoms with Crippen molar-refractivity contribution < 1.29 is 9.21 Å². The quantitative estimate of drug-likeness (QED) is 0.270. The average Bonchev–Trinajstić information content (AvgIpc) is 3.44. The first kappa shape index (κ1) is 23.1. The number of carbonyl (C=O) groups is 1. The number of furan rings is 1. The maximum absolute atomic E-state index is 12.5. The Labute approximate surface area is 201 Å². The fourth-order valence-corrected chi connectivity index (χ4v) is 4.13. The van der Waals surface area contributed by atoms with E-state index in [9.17, 15) is 4.79 Å². The molecule has 4 aromatic rings. The van der Waals surface area contributed by atoms with Crippen molar-refractivity contribution in [2.24, 2.45) is 0 Å². The fraction of sp³-hybridized carbons (Fsp3) is 0.250. The molecule has 0 saturated heterocycles. The Balaban J connectivity index is 1.56. The highest BCUT2D eigenvalue weighted by atomic mass is 35.5. The smallest absolute Gasteiger partial charge is 0.234 e. The number of benzene rings is 1. The molecule has 4 rings (SSSR count). The Morgan fingerprint density at radius 1 is 1.12 bits per heavy atom. The molecule has 3 heterocycles. The number of carbonyl (C=O) groups excluding carboxylic acids is 1. The summed E-state index contributed by atoms with van der Waals surface area (Å²) in [6.45, 7) is 6.99. The molecular formula is C24H24ClN5O2S. The Morgan fingerprint density at radius 3 is 2.58 bits per heavy atom. The summed E-state index contributed by atoms with van der Waals surface area (Å²) in [5.41, 5.74) is 2.72. The third-order valence-corrected chi connectivity index (χ3v) is 6.25. The van der Waals surface area contributed by atoms with Crippen molar-refractivity contribution in [2.45, 2.75) is 37.9 Å². The highest BCUT2D eigenvalue weighted by Crippen LogP contribution is 2.29. The lowest BCUT2D eigenvalue weighted by Gasteiger charge is -2.19. The number of thioether (sulfide) groups is 1. The molecule has 170 valence electrons. The topological polar surface area (TPSA) is 85.8 Å². The number of halogens is 1. The number of nitrogens with zero attached hydrogens (tertiary/aromatic N) is 4. The van der Waals surface area contributed by atoms with Crippen LogP contribution in [0.5, 0.6) is 0 Å². The van der Waals surface area contributed by atoms with Crippen molar-refractivity contribution in [3.8, 4) is 11.4 Å². The summed E-state index contributed by atoms with van der Waals surface area (Å²) in [6, 6.07) is 15.5. The van der Waals surface area contributed by atoms with Gasteiger partial charge in [-0.25, -0.2) is 4.98 Å². The Hall–Kier alpha value is -3.10.